The molecule has 1 aliphatic rings. The molecule has 0 unspecified atom stereocenters. The molecule has 0 aliphatic heterocycles. The van der Waals surface area contributed by atoms with Gasteiger partial charge < -0.3 is 10.6 Å². The van der Waals surface area contributed by atoms with Crippen molar-refractivity contribution in [2.75, 3.05) is 11.9 Å². The lowest BCUT2D eigenvalue weighted by Crippen LogP contribution is -2.28. The zero-order valence-corrected chi connectivity index (χ0v) is 16.7. The van der Waals surface area contributed by atoms with Crippen LogP contribution in [0.3, 0.4) is 0 Å². The lowest BCUT2D eigenvalue weighted by Gasteiger charge is -2.20. The summed E-state index contributed by atoms with van der Waals surface area (Å²) in [6.07, 6.45) is 7.02. The molecule has 2 aromatic rings. The molecule has 1 aromatic heterocycles. The third kappa shape index (κ3) is 5.42. The van der Waals surface area contributed by atoms with Crippen LogP contribution < -0.4 is 10.6 Å². The molecular formula is C22H28N2O2S. The largest absolute Gasteiger partial charge is 0.352 e. The van der Waals surface area contributed by atoms with Crippen molar-refractivity contribution in [2.24, 2.45) is 5.92 Å². The van der Waals surface area contributed by atoms with E-state index in [1.165, 1.54) is 23.3 Å². The highest BCUT2D eigenvalue weighted by Crippen LogP contribution is 2.31. The van der Waals surface area contributed by atoms with E-state index in [0.29, 0.717) is 17.1 Å². The maximum Gasteiger partial charge on any atom is 0.254 e. The molecule has 144 valence electrons. The topological polar surface area (TPSA) is 58.2 Å². The summed E-state index contributed by atoms with van der Waals surface area (Å²) in [6.45, 7) is 2.64. The maximum atomic E-state index is 12.7. The first-order valence-corrected chi connectivity index (χ1v) is 10.7. The highest BCUT2D eigenvalue weighted by Gasteiger charge is 2.24. The van der Waals surface area contributed by atoms with Gasteiger partial charge in [0.1, 0.15) is 5.00 Å². The van der Waals surface area contributed by atoms with Crippen LogP contribution in [0.15, 0.2) is 36.4 Å². The monoisotopic (exact) mass is 384 g/mol. The van der Waals surface area contributed by atoms with Crippen LogP contribution in [0.5, 0.6) is 0 Å². The molecule has 2 amide bonds. The molecular weight excluding hydrogens is 356 g/mol. The number of rotatable bonds is 7. The Kier molecular flexibility index (Phi) is 7.04. The molecule has 1 aromatic carbocycles. The van der Waals surface area contributed by atoms with Crippen molar-refractivity contribution < 1.29 is 9.59 Å². The van der Waals surface area contributed by atoms with Crippen LogP contribution in [0, 0.1) is 5.92 Å². The summed E-state index contributed by atoms with van der Waals surface area (Å²) in [6, 6.07) is 12.0. The van der Waals surface area contributed by atoms with Gasteiger partial charge in [0, 0.05) is 17.3 Å². The summed E-state index contributed by atoms with van der Waals surface area (Å²) in [5.41, 5.74) is 1.79. The Morgan fingerprint density at radius 2 is 1.85 bits per heavy atom. The molecule has 4 nitrogen and oxygen atoms in total. The number of hydrogen-bond acceptors (Lipinski definition) is 3. The Balaban J connectivity index is 1.62. The van der Waals surface area contributed by atoms with Crippen LogP contribution in [-0.2, 0) is 17.6 Å². The number of carbonyl (C=O) groups is 2. The SMILES string of the molecule is CCc1cc(C(=O)NCCc2ccccc2)c(NC(=O)C2CCCCC2)s1. The number of amides is 2. The van der Waals surface area contributed by atoms with Gasteiger partial charge in [0.05, 0.1) is 5.56 Å². The zero-order chi connectivity index (χ0) is 19.1. The molecule has 0 atom stereocenters. The minimum Gasteiger partial charge on any atom is -0.352 e. The molecule has 0 radical (unpaired) electrons. The average molecular weight is 385 g/mol. The zero-order valence-electron chi connectivity index (χ0n) is 15.9. The molecule has 2 N–H and O–H groups in total. The van der Waals surface area contributed by atoms with E-state index in [-0.39, 0.29) is 17.7 Å². The first kappa shape index (κ1) is 19.6. The number of anilines is 1. The van der Waals surface area contributed by atoms with Crippen molar-refractivity contribution in [3.8, 4) is 0 Å². The molecule has 1 heterocycles. The minimum atomic E-state index is -0.110. The smallest absolute Gasteiger partial charge is 0.254 e. The summed E-state index contributed by atoms with van der Waals surface area (Å²) in [7, 11) is 0. The first-order valence-electron chi connectivity index (χ1n) is 9.93. The number of aryl methyl sites for hydroxylation is 1. The van der Waals surface area contributed by atoms with Crippen molar-refractivity contribution in [2.45, 2.75) is 51.9 Å². The highest BCUT2D eigenvalue weighted by atomic mass is 32.1. The van der Waals surface area contributed by atoms with Gasteiger partial charge in [-0.2, -0.15) is 0 Å². The first-order chi connectivity index (χ1) is 13.2. The van der Waals surface area contributed by atoms with E-state index < -0.39 is 0 Å². The Hall–Kier alpha value is -2.14. The summed E-state index contributed by atoms with van der Waals surface area (Å²) in [4.78, 5) is 26.4. The van der Waals surface area contributed by atoms with Crippen LogP contribution in [0.2, 0.25) is 0 Å². The van der Waals surface area contributed by atoms with Gasteiger partial charge in [-0.05, 0) is 37.3 Å². The molecule has 27 heavy (non-hydrogen) atoms. The van der Waals surface area contributed by atoms with Gasteiger partial charge in [-0.1, -0.05) is 56.5 Å². The van der Waals surface area contributed by atoms with Crippen molar-refractivity contribution in [1.82, 2.24) is 5.32 Å². The Bertz CT molecular complexity index is 764. The van der Waals surface area contributed by atoms with Gasteiger partial charge in [-0.15, -0.1) is 11.3 Å². The van der Waals surface area contributed by atoms with Crippen molar-refractivity contribution in [3.63, 3.8) is 0 Å². The molecule has 1 aliphatic carbocycles. The van der Waals surface area contributed by atoms with Gasteiger partial charge in [-0.3, -0.25) is 9.59 Å². The van der Waals surface area contributed by atoms with E-state index in [1.807, 2.05) is 24.3 Å². The molecule has 0 bridgehead atoms. The fourth-order valence-corrected chi connectivity index (χ4v) is 4.51. The van der Waals surface area contributed by atoms with E-state index in [4.69, 9.17) is 0 Å². The lowest BCUT2D eigenvalue weighted by molar-refractivity contribution is -0.120. The van der Waals surface area contributed by atoms with E-state index >= 15 is 0 Å². The third-order valence-electron chi connectivity index (χ3n) is 5.13. The summed E-state index contributed by atoms with van der Waals surface area (Å²) in [5, 5.41) is 6.73. The number of hydrogen-bond donors (Lipinski definition) is 2. The second kappa shape index (κ2) is 9.70. The molecule has 5 heteroatoms. The lowest BCUT2D eigenvalue weighted by atomic mass is 9.89. The second-order valence-corrected chi connectivity index (χ2v) is 8.26. The summed E-state index contributed by atoms with van der Waals surface area (Å²) < 4.78 is 0. The van der Waals surface area contributed by atoms with Gasteiger partial charge in [0.2, 0.25) is 5.91 Å². The average Bonchev–Trinajstić information content (AvgIpc) is 3.12. The minimum absolute atomic E-state index is 0.0672. The van der Waals surface area contributed by atoms with Crippen molar-refractivity contribution >= 4 is 28.2 Å². The maximum absolute atomic E-state index is 12.7. The van der Waals surface area contributed by atoms with Gasteiger partial charge in [0.25, 0.3) is 5.91 Å². The van der Waals surface area contributed by atoms with E-state index in [1.54, 1.807) is 0 Å². The fraction of sp³-hybridized carbons (Fsp3) is 0.455. The van der Waals surface area contributed by atoms with Crippen LogP contribution in [0.25, 0.3) is 0 Å². The van der Waals surface area contributed by atoms with Crippen LogP contribution in [0.1, 0.15) is 59.8 Å². The summed E-state index contributed by atoms with van der Waals surface area (Å²) in [5.74, 6) is 0.0401. The summed E-state index contributed by atoms with van der Waals surface area (Å²) >= 11 is 1.52. The fourth-order valence-electron chi connectivity index (χ4n) is 3.52. The standard InChI is InChI=1S/C22H28N2O2S/c1-2-18-15-19(21(26)23-14-13-16-9-5-3-6-10-16)22(27-18)24-20(25)17-11-7-4-8-12-17/h3,5-6,9-10,15,17H,2,4,7-8,11-14H2,1H3,(H,23,26)(H,24,25). The Morgan fingerprint density at radius 3 is 2.56 bits per heavy atom. The van der Waals surface area contributed by atoms with Gasteiger partial charge in [0.15, 0.2) is 0 Å². The van der Waals surface area contributed by atoms with Gasteiger partial charge in [-0.25, -0.2) is 0 Å². The molecule has 0 saturated heterocycles. The Morgan fingerprint density at radius 1 is 1.11 bits per heavy atom. The molecule has 0 spiro atoms. The molecule has 1 fully saturated rings. The predicted octanol–water partition coefficient (Wildman–Crippen LogP) is 4.80. The molecule has 3 rings (SSSR count). The quantitative estimate of drug-likeness (QED) is 0.720. The van der Waals surface area contributed by atoms with Crippen LogP contribution >= 0.6 is 11.3 Å². The van der Waals surface area contributed by atoms with Crippen LogP contribution in [-0.4, -0.2) is 18.4 Å². The van der Waals surface area contributed by atoms with Crippen molar-refractivity contribution in [1.29, 1.82) is 0 Å². The third-order valence-corrected chi connectivity index (χ3v) is 6.33. The number of carbonyl (C=O) groups excluding carboxylic acids is 2. The molecule has 1 saturated carbocycles. The highest BCUT2D eigenvalue weighted by molar-refractivity contribution is 7.16. The number of nitrogens with one attached hydrogen (secondary N) is 2. The predicted molar refractivity (Wildman–Crippen MR) is 111 cm³/mol. The number of benzene rings is 1. The van der Waals surface area contributed by atoms with Gasteiger partial charge >= 0.3 is 0 Å². The number of thiophene rings is 1. The second-order valence-electron chi connectivity index (χ2n) is 7.12. The van der Waals surface area contributed by atoms with E-state index in [0.717, 1.165) is 43.4 Å². The van der Waals surface area contributed by atoms with Crippen LogP contribution in [0.4, 0.5) is 5.00 Å². The van der Waals surface area contributed by atoms with E-state index in [9.17, 15) is 9.59 Å². The Labute approximate surface area is 165 Å². The normalized spacial score (nSPS) is 14.7. The van der Waals surface area contributed by atoms with E-state index in [2.05, 4.69) is 29.7 Å². The van der Waals surface area contributed by atoms with Crippen molar-refractivity contribution in [3.05, 3.63) is 52.4 Å².